The number of hydrogen-bond donors (Lipinski definition) is 1. The Labute approximate surface area is 194 Å². The number of carbonyl (C=O) groups excluding carboxylic acids is 1. The zero-order valence-corrected chi connectivity index (χ0v) is 19.6. The highest BCUT2D eigenvalue weighted by Crippen LogP contribution is 2.21. The zero-order valence-electron chi connectivity index (χ0n) is 18.8. The van der Waals surface area contributed by atoms with Crippen LogP contribution in [0, 0.1) is 18.7 Å². The molecule has 0 saturated carbocycles. The van der Waals surface area contributed by atoms with Gasteiger partial charge < -0.3 is 14.4 Å². The first kappa shape index (κ1) is 24.3. The van der Waals surface area contributed by atoms with Crippen molar-refractivity contribution in [2.24, 2.45) is 5.92 Å². The SMILES string of the molecule is Cc1ccc(NC(=O)N(Cc2ccc(OS(=O)(=O)c3ccc(F)cc3)cc2)CC(C)C)cc1. The van der Waals surface area contributed by atoms with E-state index in [1.807, 2.05) is 45.0 Å². The predicted molar refractivity (Wildman–Crippen MR) is 126 cm³/mol. The van der Waals surface area contributed by atoms with Crippen LogP contribution in [0.25, 0.3) is 0 Å². The molecule has 0 aliphatic carbocycles. The summed E-state index contributed by atoms with van der Waals surface area (Å²) in [6, 6.07) is 18.3. The quantitative estimate of drug-likeness (QED) is 0.435. The van der Waals surface area contributed by atoms with Crippen molar-refractivity contribution >= 4 is 21.8 Å². The molecule has 3 aromatic carbocycles. The maximum atomic E-state index is 13.1. The molecule has 0 fully saturated rings. The van der Waals surface area contributed by atoms with Crippen LogP contribution in [0.5, 0.6) is 5.75 Å². The molecule has 1 N–H and O–H groups in total. The number of nitrogens with zero attached hydrogens (tertiary/aromatic N) is 1. The number of benzene rings is 3. The van der Waals surface area contributed by atoms with Crippen molar-refractivity contribution < 1.29 is 21.8 Å². The summed E-state index contributed by atoms with van der Waals surface area (Å²) in [6.45, 7) is 6.94. The number of hydrogen-bond acceptors (Lipinski definition) is 4. The number of amides is 2. The molecule has 3 aromatic rings. The van der Waals surface area contributed by atoms with Gasteiger partial charge in [-0.15, -0.1) is 0 Å². The molecule has 0 heterocycles. The van der Waals surface area contributed by atoms with Gasteiger partial charge in [0.25, 0.3) is 0 Å². The molecule has 0 spiro atoms. The van der Waals surface area contributed by atoms with Gasteiger partial charge in [-0.1, -0.05) is 43.7 Å². The van der Waals surface area contributed by atoms with E-state index in [-0.39, 0.29) is 22.6 Å². The van der Waals surface area contributed by atoms with Gasteiger partial charge in [-0.3, -0.25) is 0 Å². The zero-order chi connectivity index (χ0) is 24.0. The molecule has 0 radical (unpaired) electrons. The number of halogens is 1. The van der Waals surface area contributed by atoms with Crippen LogP contribution in [0.2, 0.25) is 0 Å². The summed E-state index contributed by atoms with van der Waals surface area (Å²) in [5.41, 5.74) is 2.64. The minimum atomic E-state index is -4.07. The van der Waals surface area contributed by atoms with Gasteiger partial charge in [0.15, 0.2) is 0 Å². The van der Waals surface area contributed by atoms with Gasteiger partial charge >= 0.3 is 16.1 Å². The first-order valence-electron chi connectivity index (χ1n) is 10.5. The van der Waals surface area contributed by atoms with E-state index in [9.17, 15) is 17.6 Å². The number of urea groups is 1. The molecule has 2 amide bonds. The van der Waals surface area contributed by atoms with Gasteiger partial charge in [-0.05, 0) is 66.9 Å². The second kappa shape index (κ2) is 10.5. The molecule has 6 nitrogen and oxygen atoms in total. The third-order valence-corrected chi connectivity index (χ3v) is 6.04. The molecule has 174 valence electrons. The fourth-order valence-corrected chi connectivity index (χ4v) is 4.08. The average molecular weight is 471 g/mol. The fraction of sp³-hybridized carbons (Fsp3) is 0.240. The van der Waals surface area contributed by atoms with Crippen molar-refractivity contribution in [2.75, 3.05) is 11.9 Å². The minimum absolute atomic E-state index is 0.127. The molecular formula is C25H27FN2O4S. The van der Waals surface area contributed by atoms with Gasteiger partial charge in [0.05, 0.1) is 0 Å². The van der Waals surface area contributed by atoms with Crippen LogP contribution in [0.15, 0.2) is 77.7 Å². The van der Waals surface area contributed by atoms with E-state index >= 15 is 0 Å². The van der Waals surface area contributed by atoms with Crippen LogP contribution in [-0.2, 0) is 16.7 Å². The Hall–Kier alpha value is -3.39. The molecule has 0 aromatic heterocycles. The van der Waals surface area contributed by atoms with Crippen molar-refractivity contribution in [1.82, 2.24) is 4.90 Å². The van der Waals surface area contributed by atoms with Crippen molar-refractivity contribution in [3.8, 4) is 5.75 Å². The second-order valence-electron chi connectivity index (χ2n) is 8.21. The molecule has 0 aliphatic heterocycles. The highest BCUT2D eigenvalue weighted by atomic mass is 32.2. The van der Waals surface area contributed by atoms with E-state index in [1.54, 1.807) is 17.0 Å². The lowest BCUT2D eigenvalue weighted by Crippen LogP contribution is -2.37. The summed E-state index contributed by atoms with van der Waals surface area (Å²) >= 11 is 0. The van der Waals surface area contributed by atoms with Gasteiger partial charge in [0.2, 0.25) is 0 Å². The Morgan fingerprint density at radius 3 is 2.15 bits per heavy atom. The highest BCUT2D eigenvalue weighted by molar-refractivity contribution is 7.87. The van der Waals surface area contributed by atoms with Crippen LogP contribution < -0.4 is 9.50 Å². The summed E-state index contributed by atoms with van der Waals surface area (Å²) < 4.78 is 43.0. The van der Waals surface area contributed by atoms with Crippen LogP contribution in [0.1, 0.15) is 25.0 Å². The van der Waals surface area contributed by atoms with E-state index in [4.69, 9.17) is 4.18 Å². The third-order valence-electron chi connectivity index (χ3n) is 4.78. The van der Waals surface area contributed by atoms with Crippen LogP contribution in [-0.4, -0.2) is 25.9 Å². The molecule has 0 atom stereocenters. The number of aryl methyl sites for hydroxylation is 1. The van der Waals surface area contributed by atoms with Gasteiger partial charge in [-0.25, -0.2) is 9.18 Å². The molecule has 3 rings (SSSR count). The van der Waals surface area contributed by atoms with Crippen LogP contribution in [0.3, 0.4) is 0 Å². The molecule has 0 bridgehead atoms. The van der Waals surface area contributed by atoms with E-state index in [0.29, 0.717) is 18.8 Å². The fourth-order valence-electron chi connectivity index (χ4n) is 3.15. The van der Waals surface area contributed by atoms with E-state index in [1.165, 1.54) is 12.1 Å². The van der Waals surface area contributed by atoms with Crippen molar-refractivity contribution in [2.45, 2.75) is 32.2 Å². The Balaban J connectivity index is 1.68. The normalized spacial score (nSPS) is 11.3. The smallest absolute Gasteiger partial charge is 0.339 e. The van der Waals surface area contributed by atoms with Crippen molar-refractivity contribution in [3.05, 3.63) is 89.7 Å². The Morgan fingerprint density at radius 2 is 1.58 bits per heavy atom. The lowest BCUT2D eigenvalue weighted by molar-refractivity contribution is 0.201. The lowest BCUT2D eigenvalue weighted by atomic mass is 10.1. The van der Waals surface area contributed by atoms with Gasteiger partial charge in [0.1, 0.15) is 16.5 Å². The Bertz CT molecular complexity index is 1180. The largest absolute Gasteiger partial charge is 0.379 e. The van der Waals surface area contributed by atoms with Crippen LogP contribution in [0.4, 0.5) is 14.9 Å². The average Bonchev–Trinajstić information content (AvgIpc) is 2.76. The molecule has 0 saturated heterocycles. The van der Waals surface area contributed by atoms with E-state index in [2.05, 4.69) is 5.32 Å². The third kappa shape index (κ3) is 7.05. The number of rotatable bonds is 8. The topological polar surface area (TPSA) is 75.7 Å². The summed E-state index contributed by atoms with van der Waals surface area (Å²) in [6.07, 6.45) is 0. The molecule has 33 heavy (non-hydrogen) atoms. The second-order valence-corrected chi connectivity index (χ2v) is 9.75. The Morgan fingerprint density at radius 1 is 0.970 bits per heavy atom. The standard InChI is InChI=1S/C25H27FN2O4S/c1-18(2)16-28(25(29)27-22-10-4-19(3)5-11-22)17-20-6-12-23(13-7-20)32-33(30,31)24-14-8-21(26)9-15-24/h4-15,18H,16-17H2,1-3H3,(H,27,29). The molecule has 8 heteroatoms. The lowest BCUT2D eigenvalue weighted by Gasteiger charge is -2.25. The summed E-state index contributed by atoms with van der Waals surface area (Å²) in [5, 5.41) is 2.92. The molecule has 0 unspecified atom stereocenters. The summed E-state index contributed by atoms with van der Waals surface area (Å²) in [5.74, 6) is -0.143. The van der Waals surface area contributed by atoms with E-state index < -0.39 is 15.9 Å². The first-order chi connectivity index (χ1) is 15.6. The Kier molecular flexibility index (Phi) is 7.71. The monoisotopic (exact) mass is 470 g/mol. The van der Waals surface area contributed by atoms with Crippen molar-refractivity contribution in [3.63, 3.8) is 0 Å². The number of anilines is 1. The molecule has 0 aliphatic rings. The van der Waals surface area contributed by atoms with E-state index in [0.717, 1.165) is 35.4 Å². The summed E-state index contributed by atoms with van der Waals surface area (Å²) in [4.78, 5) is 14.4. The highest BCUT2D eigenvalue weighted by Gasteiger charge is 2.18. The molecular weight excluding hydrogens is 443 g/mol. The maximum absolute atomic E-state index is 13.1. The first-order valence-corrected chi connectivity index (χ1v) is 11.9. The minimum Gasteiger partial charge on any atom is -0.379 e. The van der Waals surface area contributed by atoms with Crippen molar-refractivity contribution in [1.29, 1.82) is 0 Å². The number of nitrogens with one attached hydrogen (secondary N) is 1. The van der Waals surface area contributed by atoms with Gasteiger partial charge in [-0.2, -0.15) is 8.42 Å². The maximum Gasteiger partial charge on any atom is 0.339 e. The summed E-state index contributed by atoms with van der Waals surface area (Å²) in [7, 11) is -4.07. The number of carbonyl (C=O) groups is 1. The van der Waals surface area contributed by atoms with Gasteiger partial charge in [0, 0.05) is 18.8 Å². The predicted octanol–water partition coefficient (Wildman–Crippen LogP) is 5.59. The van der Waals surface area contributed by atoms with Crippen LogP contribution >= 0.6 is 0 Å².